The van der Waals surface area contributed by atoms with Crippen LogP contribution in [0.3, 0.4) is 0 Å². The number of aryl methyl sites for hydroxylation is 1. The molecule has 2 aliphatic heterocycles. The number of carbonyl (C=O) groups is 4. The molecule has 6 rings (SSSR count). The van der Waals surface area contributed by atoms with Crippen molar-refractivity contribution in [2.24, 2.45) is 17.6 Å². The predicted molar refractivity (Wildman–Crippen MR) is 227 cm³/mol. The van der Waals surface area contributed by atoms with Crippen molar-refractivity contribution in [3.63, 3.8) is 0 Å². The molecule has 0 fully saturated rings. The number of fused-ring (bicyclic) bond motifs is 5. The molecular formula is C46H62FN5O9. The van der Waals surface area contributed by atoms with Gasteiger partial charge in [0, 0.05) is 53.9 Å². The normalized spacial score (nSPS) is 19.5. The minimum atomic E-state index is -1.99. The number of carbonyl (C=O) groups excluding carboxylic acids is 4. The molecular weight excluding hydrogens is 786 g/mol. The molecule has 1 aromatic carbocycles. The van der Waals surface area contributed by atoms with E-state index in [9.17, 15) is 34.2 Å². The summed E-state index contributed by atoms with van der Waals surface area (Å²) in [5.74, 6) is -1.95. The number of ketones is 2. The monoisotopic (exact) mass is 847 g/mol. The Hall–Kier alpha value is -4.57. The highest BCUT2D eigenvalue weighted by atomic mass is 19.1. The van der Waals surface area contributed by atoms with Crippen LogP contribution in [0.15, 0.2) is 16.9 Å². The Morgan fingerprint density at radius 2 is 1.80 bits per heavy atom. The van der Waals surface area contributed by atoms with Gasteiger partial charge in [0.25, 0.3) is 5.56 Å². The molecule has 5 atom stereocenters. The Morgan fingerprint density at radius 3 is 2.49 bits per heavy atom. The highest BCUT2D eigenvalue weighted by Crippen LogP contribution is 2.46. The Labute approximate surface area is 356 Å². The van der Waals surface area contributed by atoms with Crippen LogP contribution in [0.5, 0.6) is 0 Å². The van der Waals surface area contributed by atoms with Gasteiger partial charge in [0.15, 0.2) is 11.4 Å². The molecule has 0 spiro atoms. The lowest BCUT2D eigenvalue weighted by Crippen LogP contribution is -2.44. The van der Waals surface area contributed by atoms with Gasteiger partial charge in [-0.1, -0.05) is 27.2 Å². The SMILES string of the molecule is CC[C@@]1(O)C(=O)OCc2c1cc1n(c2=O)Cc2c-1nc1cc(F)c(C)c3c1c2[C@@H](NC(O)CCCCC(=O)[C@H](CCCCNC(=O)OC(C)(C)C)CC(=O)[C@@H](N)C(C)C)CC3. The van der Waals surface area contributed by atoms with Gasteiger partial charge in [-0.15, -0.1) is 0 Å². The van der Waals surface area contributed by atoms with Crippen LogP contribution in [0.25, 0.3) is 22.3 Å². The van der Waals surface area contributed by atoms with Crippen LogP contribution >= 0.6 is 0 Å². The fourth-order valence-corrected chi connectivity index (χ4v) is 9.03. The van der Waals surface area contributed by atoms with E-state index in [4.69, 9.17) is 20.2 Å². The van der Waals surface area contributed by atoms with Crippen molar-refractivity contribution in [2.75, 3.05) is 6.54 Å². The zero-order valence-electron chi connectivity index (χ0n) is 36.5. The zero-order chi connectivity index (χ0) is 44.6. The number of benzene rings is 1. The summed E-state index contributed by atoms with van der Waals surface area (Å²) in [4.78, 5) is 70.2. The largest absolute Gasteiger partial charge is 0.458 e. The number of esters is 1. The highest BCUT2D eigenvalue weighted by Gasteiger charge is 2.46. The Morgan fingerprint density at radius 1 is 1.08 bits per heavy atom. The lowest BCUT2D eigenvalue weighted by atomic mass is 9.81. The molecule has 6 N–H and O–H groups in total. The quantitative estimate of drug-likeness (QED) is 0.0457. The van der Waals surface area contributed by atoms with Crippen molar-refractivity contribution in [3.8, 4) is 11.4 Å². The molecule has 1 amide bonds. The summed E-state index contributed by atoms with van der Waals surface area (Å²) >= 11 is 0. The van der Waals surface area contributed by atoms with Crippen LogP contribution in [0.1, 0.15) is 145 Å². The van der Waals surface area contributed by atoms with E-state index in [0.29, 0.717) is 80.4 Å². The zero-order valence-corrected chi connectivity index (χ0v) is 36.5. The molecule has 0 bridgehead atoms. The Bertz CT molecular complexity index is 2270. The summed E-state index contributed by atoms with van der Waals surface area (Å²) in [5.41, 5.74) is 7.75. The van der Waals surface area contributed by atoms with Gasteiger partial charge in [0.2, 0.25) is 0 Å². The average molecular weight is 848 g/mol. The number of amides is 1. The summed E-state index contributed by atoms with van der Waals surface area (Å²) in [5, 5.41) is 29.7. The first kappa shape index (κ1) is 45.9. The van der Waals surface area contributed by atoms with Gasteiger partial charge in [-0.3, -0.25) is 19.7 Å². The fourth-order valence-electron chi connectivity index (χ4n) is 9.03. The first-order valence-corrected chi connectivity index (χ1v) is 21.8. The second-order valence-corrected chi connectivity index (χ2v) is 18.4. The number of aliphatic hydroxyl groups is 2. The summed E-state index contributed by atoms with van der Waals surface area (Å²) in [6.45, 7) is 12.8. The van der Waals surface area contributed by atoms with E-state index in [1.54, 1.807) is 45.3 Å². The Kier molecular flexibility index (Phi) is 13.9. The predicted octanol–water partition coefficient (Wildman–Crippen LogP) is 5.81. The molecule has 14 nitrogen and oxygen atoms in total. The second kappa shape index (κ2) is 18.4. The first-order valence-electron chi connectivity index (χ1n) is 21.8. The third-order valence-electron chi connectivity index (χ3n) is 12.6. The maximum Gasteiger partial charge on any atom is 0.407 e. The molecule has 3 aromatic rings. The van der Waals surface area contributed by atoms with Crippen LogP contribution in [0.2, 0.25) is 0 Å². The smallest absolute Gasteiger partial charge is 0.407 e. The standard InChI is InChI=1S/C46H62FN5O9/c1-8-46(59)30-20-34-41-28(22-52(34)42(56)29(30)23-60-43(46)57)39-32(17-16-27-25(4)31(47)21-33(51-41)38(27)39)50-37(55)15-10-9-14-35(53)26(19-36(54)40(48)24(2)3)13-11-12-18-49-44(58)61-45(5,6)7/h20-21,24,26,32,37,40,50,55,59H,8-19,22-23,48H2,1-7H3,(H,49,58)/t26-,32+,37?,40+,46+/m1/s1. The van der Waals surface area contributed by atoms with Crippen molar-refractivity contribution in [3.05, 3.63) is 61.7 Å². The summed E-state index contributed by atoms with van der Waals surface area (Å²) in [7, 11) is 0. The van der Waals surface area contributed by atoms with Crippen molar-refractivity contribution in [2.45, 2.75) is 162 Å². The van der Waals surface area contributed by atoms with Crippen LogP contribution < -0.4 is 21.9 Å². The topological polar surface area (TPSA) is 212 Å². The van der Waals surface area contributed by atoms with Crippen molar-refractivity contribution < 1.29 is 43.3 Å². The number of Topliss-reactive ketones (excluding diaryl/α,β-unsaturated/α-hetero) is 2. The second-order valence-electron chi connectivity index (χ2n) is 18.4. The number of nitrogens with zero attached hydrogens (tertiary/aromatic N) is 2. The number of nitrogens with two attached hydrogens (primary N) is 1. The molecule has 1 aliphatic carbocycles. The number of alkyl carbamates (subject to hydrolysis) is 1. The number of rotatable bonds is 18. The molecule has 1 unspecified atom stereocenters. The molecule has 0 saturated carbocycles. The molecule has 61 heavy (non-hydrogen) atoms. The van der Waals surface area contributed by atoms with Gasteiger partial charge in [0.05, 0.1) is 35.1 Å². The van der Waals surface area contributed by atoms with Gasteiger partial charge in [-0.05, 0) is 108 Å². The minimum Gasteiger partial charge on any atom is -0.458 e. The lowest BCUT2D eigenvalue weighted by Gasteiger charge is -2.31. The summed E-state index contributed by atoms with van der Waals surface area (Å²) in [6.07, 6.45) is 2.99. The van der Waals surface area contributed by atoms with Crippen LogP contribution in [0, 0.1) is 24.6 Å². The molecule has 3 aliphatic rings. The van der Waals surface area contributed by atoms with E-state index in [0.717, 1.165) is 22.1 Å². The van der Waals surface area contributed by atoms with Gasteiger partial charge >= 0.3 is 12.1 Å². The average Bonchev–Trinajstić information content (AvgIpc) is 3.57. The van der Waals surface area contributed by atoms with Gasteiger partial charge in [-0.25, -0.2) is 19.0 Å². The number of pyridine rings is 2. The number of unbranched alkanes of at least 4 members (excludes halogenated alkanes) is 2. The number of hydrogen-bond donors (Lipinski definition) is 5. The number of cyclic esters (lactones) is 1. The maximum absolute atomic E-state index is 15.4. The van der Waals surface area contributed by atoms with E-state index < -0.39 is 52.8 Å². The Balaban J connectivity index is 1.14. The lowest BCUT2D eigenvalue weighted by molar-refractivity contribution is -0.172. The fraction of sp³-hybridized carbons (Fsp3) is 0.609. The third-order valence-corrected chi connectivity index (χ3v) is 12.6. The van der Waals surface area contributed by atoms with Crippen LogP contribution in [0.4, 0.5) is 9.18 Å². The van der Waals surface area contributed by atoms with Crippen LogP contribution in [-0.2, 0) is 49.0 Å². The van der Waals surface area contributed by atoms with E-state index in [2.05, 4.69) is 10.6 Å². The van der Waals surface area contributed by atoms with Gasteiger partial charge in [0.1, 0.15) is 30.0 Å². The number of nitrogens with one attached hydrogen (secondary N) is 2. The maximum atomic E-state index is 15.4. The van der Waals surface area contributed by atoms with E-state index in [-0.39, 0.29) is 67.1 Å². The van der Waals surface area contributed by atoms with E-state index >= 15 is 4.39 Å². The minimum absolute atomic E-state index is 0.000769. The first-order chi connectivity index (χ1) is 28.7. The number of ether oxygens (including phenoxy) is 2. The van der Waals surface area contributed by atoms with Gasteiger partial charge in [-0.2, -0.15) is 0 Å². The third kappa shape index (κ3) is 9.59. The molecule has 15 heteroatoms. The number of aliphatic hydroxyl groups excluding tert-OH is 1. The molecule has 332 valence electrons. The number of aromatic nitrogens is 2. The summed E-state index contributed by atoms with van der Waals surface area (Å²) < 4.78 is 27.4. The van der Waals surface area contributed by atoms with Gasteiger partial charge < -0.3 is 35.3 Å². The molecule has 0 radical (unpaired) electrons. The van der Waals surface area contributed by atoms with Crippen molar-refractivity contribution >= 4 is 34.5 Å². The number of hydrogen-bond acceptors (Lipinski definition) is 12. The molecule has 2 aromatic heterocycles. The van der Waals surface area contributed by atoms with E-state index in [1.807, 2.05) is 13.8 Å². The molecule has 0 saturated heterocycles. The highest BCUT2D eigenvalue weighted by molar-refractivity contribution is 5.93. The molecule has 4 heterocycles. The van der Waals surface area contributed by atoms with Crippen molar-refractivity contribution in [1.29, 1.82) is 0 Å². The van der Waals surface area contributed by atoms with Crippen LogP contribution in [-0.4, -0.2) is 67.8 Å². The number of halogens is 1. The summed E-state index contributed by atoms with van der Waals surface area (Å²) in [6, 6.07) is 1.99. The van der Waals surface area contributed by atoms with Crippen molar-refractivity contribution in [1.82, 2.24) is 20.2 Å². The van der Waals surface area contributed by atoms with E-state index in [1.165, 1.54) is 6.07 Å².